The molecule has 7 atom stereocenters. The minimum absolute atomic E-state index is 0.00677. The van der Waals surface area contributed by atoms with E-state index in [9.17, 15) is 27.6 Å². The lowest BCUT2D eigenvalue weighted by Gasteiger charge is -2.32. The molecule has 14 nitrogen and oxygen atoms in total. The monoisotopic (exact) mass is 793 g/mol. The molecule has 4 fully saturated rings. The van der Waals surface area contributed by atoms with Crippen molar-refractivity contribution in [1.29, 1.82) is 0 Å². The number of rotatable bonds is 11. The van der Waals surface area contributed by atoms with Gasteiger partial charge < -0.3 is 29.7 Å². The maximum atomic E-state index is 14.8. The summed E-state index contributed by atoms with van der Waals surface area (Å²) < 4.78 is 46.1. The Labute approximate surface area is 328 Å². The number of fused-ring (bicyclic) bond motifs is 3. The van der Waals surface area contributed by atoms with E-state index < -0.39 is 68.7 Å². The van der Waals surface area contributed by atoms with Gasteiger partial charge in [-0.25, -0.2) is 18.2 Å². The topological polar surface area (TPSA) is 182 Å². The highest BCUT2D eigenvalue weighted by atomic mass is 32.2. The largest absolute Gasteiger partial charge is 0.491 e. The van der Waals surface area contributed by atoms with Crippen LogP contribution in [0, 0.1) is 23.2 Å². The van der Waals surface area contributed by atoms with E-state index in [0.29, 0.717) is 49.3 Å². The number of sulfonamides is 1. The highest BCUT2D eigenvalue weighted by molar-refractivity contribution is 7.91. The molecule has 3 saturated carbocycles. The predicted octanol–water partition coefficient (Wildman–Crippen LogP) is 4.76. The van der Waals surface area contributed by atoms with Crippen LogP contribution >= 0.6 is 0 Å². The summed E-state index contributed by atoms with van der Waals surface area (Å²) in [6.45, 7) is 8.83. The van der Waals surface area contributed by atoms with Gasteiger partial charge in [0.05, 0.1) is 31.2 Å². The van der Waals surface area contributed by atoms with Crippen LogP contribution in [-0.2, 0) is 29.1 Å². The fourth-order valence-corrected chi connectivity index (χ4v) is 9.35. The van der Waals surface area contributed by atoms with Crippen molar-refractivity contribution < 1.29 is 41.8 Å². The molecule has 3 heterocycles. The zero-order valence-electron chi connectivity index (χ0n) is 32.8. The molecule has 3 aliphatic carbocycles. The fourth-order valence-electron chi connectivity index (χ4n) is 7.98. The van der Waals surface area contributed by atoms with Crippen molar-refractivity contribution >= 4 is 44.6 Å². The Morgan fingerprint density at radius 2 is 1.82 bits per heavy atom. The normalized spacial score (nSPS) is 30.8. The molecule has 0 spiro atoms. The third-order valence-corrected chi connectivity index (χ3v) is 13.8. The van der Waals surface area contributed by atoms with E-state index in [-0.39, 0.29) is 43.2 Å². The molecule has 1 saturated heterocycles. The third kappa shape index (κ3) is 8.77. The minimum Gasteiger partial charge on any atom is -0.491 e. The lowest BCUT2D eigenvalue weighted by molar-refractivity contribution is -0.142. The van der Waals surface area contributed by atoms with E-state index in [4.69, 9.17) is 14.2 Å². The van der Waals surface area contributed by atoms with Gasteiger partial charge in [-0.3, -0.25) is 19.1 Å². The second kappa shape index (κ2) is 15.9. The third-order valence-electron chi connectivity index (χ3n) is 12.0. The van der Waals surface area contributed by atoms with E-state index in [1.54, 1.807) is 6.20 Å². The molecular weight excluding hydrogens is 739 g/mol. The molecule has 1 unspecified atom stereocenters. The molecule has 4 amide bonds. The number of allylic oxidation sites excluding steroid dienone is 1. The van der Waals surface area contributed by atoms with Crippen LogP contribution in [0.15, 0.2) is 42.6 Å². The summed E-state index contributed by atoms with van der Waals surface area (Å²) in [5, 5.41) is 6.65. The number of benzene rings is 1. The smallest absolute Gasteiger partial charge is 0.407 e. The Morgan fingerprint density at radius 1 is 1.07 bits per heavy atom. The number of nitrogens with zero attached hydrogens (tertiary/aromatic N) is 2. The van der Waals surface area contributed by atoms with Gasteiger partial charge in [-0.1, -0.05) is 58.0 Å². The highest BCUT2D eigenvalue weighted by Crippen LogP contribution is 2.47. The van der Waals surface area contributed by atoms with Crippen molar-refractivity contribution in [2.24, 2.45) is 23.2 Å². The van der Waals surface area contributed by atoms with Crippen LogP contribution in [0.25, 0.3) is 10.8 Å². The van der Waals surface area contributed by atoms with Gasteiger partial charge in [0, 0.05) is 28.5 Å². The van der Waals surface area contributed by atoms with E-state index in [2.05, 4.69) is 27.3 Å². The number of carbonyl (C=O) groups is 4. The molecule has 15 heteroatoms. The molecule has 1 aromatic carbocycles. The van der Waals surface area contributed by atoms with Gasteiger partial charge in [0.1, 0.15) is 29.5 Å². The predicted molar refractivity (Wildman–Crippen MR) is 208 cm³/mol. The van der Waals surface area contributed by atoms with E-state index in [0.717, 1.165) is 31.1 Å². The van der Waals surface area contributed by atoms with Gasteiger partial charge in [0.25, 0.3) is 5.91 Å². The molecule has 2 aromatic rings. The first-order chi connectivity index (χ1) is 26.7. The minimum atomic E-state index is -3.90. The van der Waals surface area contributed by atoms with Crippen LogP contribution in [0.2, 0.25) is 0 Å². The Hall–Kier alpha value is -4.40. The lowest BCUT2D eigenvalue weighted by atomic mass is 9.88. The van der Waals surface area contributed by atoms with E-state index in [1.807, 2.05) is 57.2 Å². The summed E-state index contributed by atoms with van der Waals surface area (Å²) in [7, 11) is -3.90. The maximum Gasteiger partial charge on any atom is 0.407 e. The van der Waals surface area contributed by atoms with Crippen LogP contribution in [-0.4, -0.2) is 90.9 Å². The first-order valence-electron chi connectivity index (χ1n) is 20.2. The van der Waals surface area contributed by atoms with Crippen molar-refractivity contribution in [1.82, 2.24) is 25.2 Å². The van der Waals surface area contributed by atoms with Crippen LogP contribution in [0.1, 0.15) is 91.9 Å². The molecule has 56 heavy (non-hydrogen) atoms. The molecule has 0 bridgehead atoms. The van der Waals surface area contributed by atoms with Crippen LogP contribution in [0.3, 0.4) is 0 Å². The Balaban J connectivity index is 1.20. The average molecular weight is 794 g/mol. The summed E-state index contributed by atoms with van der Waals surface area (Å²) in [6, 6.07) is 5.42. The molecule has 7 rings (SSSR count). The number of ether oxygens (including phenoxy) is 3. The van der Waals surface area contributed by atoms with Crippen molar-refractivity contribution in [2.75, 3.05) is 19.8 Å². The van der Waals surface area contributed by atoms with Gasteiger partial charge in [0.15, 0.2) is 0 Å². The molecule has 5 aliphatic rings. The zero-order chi connectivity index (χ0) is 39.8. The van der Waals surface area contributed by atoms with Gasteiger partial charge >= 0.3 is 6.09 Å². The average Bonchev–Trinajstić information content (AvgIpc) is 4.11. The Morgan fingerprint density at radius 3 is 2.54 bits per heavy atom. The van der Waals surface area contributed by atoms with Gasteiger partial charge in [0.2, 0.25) is 27.7 Å². The number of carbonyl (C=O) groups excluding carboxylic acids is 4. The summed E-state index contributed by atoms with van der Waals surface area (Å²) in [5.74, 6) is -1.52. The van der Waals surface area contributed by atoms with Crippen molar-refractivity contribution in [3.8, 4) is 11.6 Å². The highest BCUT2D eigenvalue weighted by Gasteiger charge is 2.62. The number of alkyl carbamates (subject to hydrolysis) is 1. The van der Waals surface area contributed by atoms with Gasteiger partial charge in [-0.2, -0.15) is 0 Å². The van der Waals surface area contributed by atoms with Crippen LogP contribution in [0.4, 0.5) is 4.79 Å². The summed E-state index contributed by atoms with van der Waals surface area (Å²) in [4.78, 5) is 62.4. The fraction of sp³-hybridized carbons (Fsp3) is 0.634. The van der Waals surface area contributed by atoms with Crippen molar-refractivity contribution in [3.63, 3.8) is 0 Å². The van der Waals surface area contributed by atoms with Crippen LogP contribution in [0.5, 0.6) is 11.6 Å². The molecule has 3 N–H and O–H groups in total. The molecule has 2 aliphatic heterocycles. The molecular formula is C41H55N5O9S. The lowest BCUT2D eigenvalue weighted by Crippen LogP contribution is -2.59. The molecule has 304 valence electrons. The first kappa shape index (κ1) is 39.8. The van der Waals surface area contributed by atoms with E-state index >= 15 is 0 Å². The van der Waals surface area contributed by atoms with E-state index in [1.165, 1.54) is 4.90 Å². The first-order valence-corrected chi connectivity index (χ1v) is 21.7. The number of aromatic nitrogens is 1. The maximum absolute atomic E-state index is 14.8. The number of hydrogen-bond acceptors (Lipinski definition) is 10. The van der Waals surface area contributed by atoms with Gasteiger partial charge in [-0.05, 0) is 75.7 Å². The molecule has 1 aromatic heterocycles. The second-order valence-electron chi connectivity index (χ2n) is 17.1. The van der Waals surface area contributed by atoms with Crippen molar-refractivity contribution in [3.05, 3.63) is 42.6 Å². The number of pyridine rings is 1. The van der Waals surface area contributed by atoms with Crippen LogP contribution < -0.4 is 24.8 Å². The summed E-state index contributed by atoms with van der Waals surface area (Å²) in [5.41, 5.74) is -1.56. The number of hydrogen-bond donors (Lipinski definition) is 3. The zero-order valence-corrected chi connectivity index (χ0v) is 33.6. The second-order valence-corrected chi connectivity index (χ2v) is 19.0. The van der Waals surface area contributed by atoms with Gasteiger partial charge in [-0.15, -0.1) is 0 Å². The SMILES string of the molecule is CCCOc1cnc(O[C@@H]2C[C@H]3C(=O)N[C@]4(C(=O)NS(=O)(=O)C5CC5)CC4/C=C\CC[C@@H](C)C[C@@H](C)[C@H](NC(=O)OCC4(C)CC4)C(=O)N3C2)c2ccccc12. The quantitative estimate of drug-likeness (QED) is 0.268. The molecule has 0 radical (unpaired) electrons. The number of nitrogens with one attached hydrogen (secondary N) is 3. The number of amides is 4. The Kier molecular flexibility index (Phi) is 11.3. The summed E-state index contributed by atoms with van der Waals surface area (Å²) >= 11 is 0. The summed E-state index contributed by atoms with van der Waals surface area (Å²) in [6.07, 6.45) is 10.1. The Bertz CT molecular complexity index is 1980. The van der Waals surface area contributed by atoms with Crippen molar-refractivity contribution in [2.45, 2.75) is 121 Å². The standard InChI is InChI=1S/C41H55N5O9S/c1-5-18-53-33-22-42-36(31-13-9-8-12-30(31)33)55-28-20-32-35(47)44-41(38(49)45-56(51,52)29-14-15-29)21-27(41)11-7-6-10-25(2)19-26(3)34(37(48)46(32)23-28)43-39(50)54-24-40(4)16-17-40/h7-9,11-13,22,25-29,32,34H,5-6,10,14-21,23-24H2,1-4H3,(H,43,50)(H,44,47)(H,45,49)/b11-7-/t25-,26-,27?,28-,32+,34+,41-/m1/s1.